The number of rotatable bonds is 3. The van der Waals surface area contributed by atoms with Gasteiger partial charge in [0.15, 0.2) is 0 Å². The van der Waals surface area contributed by atoms with Crippen LogP contribution in [-0.2, 0) is 25.4 Å². The van der Waals surface area contributed by atoms with Crippen LogP contribution in [-0.4, -0.2) is 19.6 Å². The molecule has 3 rings (SSSR count). The van der Waals surface area contributed by atoms with Gasteiger partial charge in [-0.15, -0.1) is 0 Å². The molecule has 0 atom stereocenters. The van der Waals surface area contributed by atoms with E-state index in [4.69, 9.17) is 11.6 Å². The van der Waals surface area contributed by atoms with Crippen molar-refractivity contribution in [2.45, 2.75) is 6.54 Å². The van der Waals surface area contributed by atoms with Crippen LogP contribution in [0.1, 0.15) is 0 Å². The topological polar surface area (TPSA) is 78.0 Å². The molecule has 2 aromatic heterocycles. The van der Waals surface area contributed by atoms with E-state index in [0.717, 1.165) is 4.57 Å². The van der Waals surface area contributed by atoms with E-state index in [-0.39, 0.29) is 18.0 Å². The number of nitrogens with zero attached hydrogens (tertiary/aromatic N) is 3. The Labute approximate surface area is 141 Å². The third kappa shape index (κ3) is 2.74. The van der Waals surface area contributed by atoms with E-state index in [0.29, 0.717) is 21.7 Å². The van der Waals surface area contributed by atoms with Crippen LogP contribution >= 0.6 is 11.6 Å². The Kier molecular flexibility index (Phi) is 4.02. The van der Waals surface area contributed by atoms with Gasteiger partial charge in [-0.2, -0.15) is 0 Å². The lowest BCUT2D eigenvalue weighted by Crippen LogP contribution is -2.37. The Hall–Kier alpha value is -2.80. The molecule has 0 aliphatic carbocycles. The Morgan fingerprint density at radius 1 is 1.08 bits per heavy atom. The van der Waals surface area contributed by atoms with Gasteiger partial charge in [0.2, 0.25) is 5.91 Å². The van der Waals surface area contributed by atoms with Crippen LogP contribution < -0.4 is 16.6 Å². The molecule has 24 heavy (non-hydrogen) atoms. The first kappa shape index (κ1) is 16.1. The lowest BCUT2D eigenvalue weighted by Gasteiger charge is -2.10. The number of aromatic nitrogens is 3. The number of carbonyl (C=O) groups is 1. The van der Waals surface area contributed by atoms with E-state index >= 15 is 0 Å². The van der Waals surface area contributed by atoms with Crippen molar-refractivity contribution in [1.29, 1.82) is 0 Å². The maximum atomic E-state index is 12.2. The van der Waals surface area contributed by atoms with Gasteiger partial charge in [0.1, 0.15) is 12.2 Å². The van der Waals surface area contributed by atoms with Gasteiger partial charge < -0.3 is 9.88 Å². The van der Waals surface area contributed by atoms with Gasteiger partial charge in [-0.05, 0) is 30.3 Å². The first-order valence-electron chi connectivity index (χ1n) is 7.19. The summed E-state index contributed by atoms with van der Waals surface area (Å²) in [6, 6.07) is 8.34. The van der Waals surface area contributed by atoms with Crippen molar-refractivity contribution in [2.24, 2.45) is 14.1 Å². The molecule has 3 aromatic rings. The fourth-order valence-electron chi connectivity index (χ4n) is 2.60. The zero-order valence-electron chi connectivity index (χ0n) is 13.1. The summed E-state index contributed by atoms with van der Waals surface area (Å²) in [7, 11) is 2.99. The van der Waals surface area contributed by atoms with Crippen LogP contribution in [0.5, 0.6) is 0 Å². The van der Waals surface area contributed by atoms with Crippen LogP contribution in [0.15, 0.2) is 46.1 Å². The SMILES string of the molecule is Cn1c(=O)c2ccn(CC(=O)Nc3ccc(Cl)cc3)c2n(C)c1=O. The van der Waals surface area contributed by atoms with E-state index in [9.17, 15) is 14.4 Å². The predicted octanol–water partition coefficient (Wildman–Crippen LogP) is 1.33. The molecular formula is C16H15ClN4O3. The summed E-state index contributed by atoms with van der Waals surface area (Å²) in [5.41, 5.74) is 0.204. The standard InChI is InChI=1S/C16H15ClN4O3/c1-19-14-12(15(23)20(2)16(19)24)7-8-21(14)9-13(22)18-11-5-3-10(17)4-6-11/h3-8H,9H2,1-2H3,(H,18,22). The quantitative estimate of drug-likeness (QED) is 0.777. The molecule has 0 aliphatic heterocycles. The van der Waals surface area contributed by atoms with E-state index in [1.54, 1.807) is 48.1 Å². The lowest BCUT2D eigenvalue weighted by atomic mass is 10.3. The minimum absolute atomic E-state index is 0.0213. The number of benzene rings is 1. The second-order valence-electron chi connectivity index (χ2n) is 5.44. The fraction of sp³-hybridized carbons (Fsp3) is 0.188. The van der Waals surface area contributed by atoms with E-state index in [1.165, 1.54) is 11.6 Å². The molecule has 0 spiro atoms. The van der Waals surface area contributed by atoms with Crippen LogP contribution in [0.4, 0.5) is 5.69 Å². The minimum Gasteiger partial charge on any atom is -0.325 e. The molecule has 2 heterocycles. The molecule has 0 saturated carbocycles. The predicted molar refractivity (Wildman–Crippen MR) is 92.5 cm³/mol. The number of halogens is 1. The third-order valence-corrected chi connectivity index (χ3v) is 4.05. The Morgan fingerprint density at radius 2 is 1.75 bits per heavy atom. The highest BCUT2D eigenvalue weighted by atomic mass is 35.5. The van der Waals surface area contributed by atoms with Gasteiger partial charge in [-0.1, -0.05) is 11.6 Å². The van der Waals surface area contributed by atoms with Gasteiger partial charge in [0.05, 0.1) is 5.39 Å². The minimum atomic E-state index is -0.439. The van der Waals surface area contributed by atoms with Crippen molar-refractivity contribution in [3.05, 3.63) is 62.4 Å². The lowest BCUT2D eigenvalue weighted by molar-refractivity contribution is -0.116. The van der Waals surface area contributed by atoms with Crippen molar-refractivity contribution in [3.8, 4) is 0 Å². The summed E-state index contributed by atoms with van der Waals surface area (Å²) in [4.78, 5) is 36.4. The summed E-state index contributed by atoms with van der Waals surface area (Å²) in [6.45, 7) is -0.0213. The fourth-order valence-corrected chi connectivity index (χ4v) is 2.73. The van der Waals surface area contributed by atoms with Crippen LogP contribution in [0.25, 0.3) is 11.0 Å². The van der Waals surface area contributed by atoms with E-state index in [2.05, 4.69) is 5.32 Å². The second kappa shape index (κ2) is 6.01. The molecule has 7 nitrogen and oxygen atoms in total. The number of amides is 1. The van der Waals surface area contributed by atoms with Crippen molar-refractivity contribution in [3.63, 3.8) is 0 Å². The van der Waals surface area contributed by atoms with Crippen LogP contribution in [0, 0.1) is 0 Å². The molecule has 0 bridgehead atoms. The molecule has 0 saturated heterocycles. The van der Waals surface area contributed by atoms with Gasteiger partial charge in [0.25, 0.3) is 5.56 Å². The summed E-state index contributed by atoms with van der Waals surface area (Å²) in [6.07, 6.45) is 1.62. The summed E-state index contributed by atoms with van der Waals surface area (Å²) >= 11 is 5.81. The second-order valence-corrected chi connectivity index (χ2v) is 5.88. The molecular weight excluding hydrogens is 332 g/mol. The molecule has 0 unspecified atom stereocenters. The van der Waals surface area contributed by atoms with Gasteiger partial charge in [0, 0.05) is 31.0 Å². The zero-order valence-corrected chi connectivity index (χ0v) is 13.9. The average Bonchev–Trinajstić information content (AvgIpc) is 2.96. The number of hydrogen-bond acceptors (Lipinski definition) is 3. The van der Waals surface area contributed by atoms with Crippen LogP contribution in [0.2, 0.25) is 5.02 Å². The van der Waals surface area contributed by atoms with E-state index in [1.807, 2.05) is 0 Å². The number of aryl methyl sites for hydroxylation is 1. The molecule has 1 aromatic carbocycles. The molecule has 1 N–H and O–H groups in total. The van der Waals surface area contributed by atoms with Crippen molar-refractivity contribution in [1.82, 2.24) is 13.7 Å². The highest BCUT2D eigenvalue weighted by molar-refractivity contribution is 6.30. The smallest absolute Gasteiger partial charge is 0.325 e. The molecule has 1 amide bonds. The van der Waals surface area contributed by atoms with E-state index < -0.39 is 5.69 Å². The van der Waals surface area contributed by atoms with Crippen molar-refractivity contribution < 1.29 is 4.79 Å². The normalized spacial score (nSPS) is 11.0. The Morgan fingerprint density at radius 3 is 2.42 bits per heavy atom. The summed E-state index contributed by atoms with van der Waals surface area (Å²) in [5, 5.41) is 3.71. The molecule has 0 fully saturated rings. The highest BCUT2D eigenvalue weighted by Crippen LogP contribution is 2.14. The van der Waals surface area contributed by atoms with Gasteiger partial charge in [-0.25, -0.2) is 4.79 Å². The average molecular weight is 347 g/mol. The van der Waals surface area contributed by atoms with Crippen molar-refractivity contribution in [2.75, 3.05) is 5.32 Å². The van der Waals surface area contributed by atoms with Crippen LogP contribution in [0.3, 0.4) is 0 Å². The maximum Gasteiger partial charge on any atom is 0.332 e. The number of nitrogens with one attached hydrogen (secondary N) is 1. The number of carbonyl (C=O) groups excluding carboxylic acids is 1. The number of hydrogen-bond donors (Lipinski definition) is 1. The summed E-state index contributed by atoms with van der Waals surface area (Å²) < 4.78 is 3.97. The largest absolute Gasteiger partial charge is 0.332 e. The molecule has 0 radical (unpaired) electrons. The van der Waals surface area contributed by atoms with Gasteiger partial charge >= 0.3 is 5.69 Å². The zero-order chi connectivity index (χ0) is 17.4. The first-order chi connectivity index (χ1) is 11.4. The third-order valence-electron chi connectivity index (χ3n) is 3.80. The maximum absolute atomic E-state index is 12.2. The Balaban J connectivity index is 1.93. The molecule has 0 aliphatic rings. The molecule has 8 heteroatoms. The number of fused-ring (bicyclic) bond motifs is 1. The molecule has 124 valence electrons. The van der Waals surface area contributed by atoms with Crippen molar-refractivity contribution >= 4 is 34.2 Å². The van der Waals surface area contributed by atoms with Gasteiger partial charge in [-0.3, -0.25) is 18.7 Å². The first-order valence-corrected chi connectivity index (χ1v) is 7.56. The summed E-state index contributed by atoms with van der Waals surface area (Å²) in [5.74, 6) is -0.275. The Bertz CT molecular complexity index is 1040. The highest BCUT2D eigenvalue weighted by Gasteiger charge is 2.14. The number of anilines is 1. The monoisotopic (exact) mass is 346 g/mol.